The van der Waals surface area contributed by atoms with Crippen molar-refractivity contribution in [3.05, 3.63) is 23.9 Å². The fourth-order valence-corrected chi connectivity index (χ4v) is 3.46. The van der Waals surface area contributed by atoms with Crippen molar-refractivity contribution in [2.24, 2.45) is 4.99 Å². The van der Waals surface area contributed by atoms with Gasteiger partial charge in [0.1, 0.15) is 11.4 Å². The van der Waals surface area contributed by atoms with E-state index in [4.69, 9.17) is 4.74 Å². The summed E-state index contributed by atoms with van der Waals surface area (Å²) in [6, 6.07) is 4.35. The molecule has 2 fully saturated rings. The van der Waals surface area contributed by atoms with Crippen molar-refractivity contribution in [3.8, 4) is 0 Å². The summed E-state index contributed by atoms with van der Waals surface area (Å²) >= 11 is 0. The number of carbonyl (C=O) groups is 1. The highest BCUT2D eigenvalue weighted by molar-refractivity contribution is 14.0. The second kappa shape index (κ2) is 11.9. The summed E-state index contributed by atoms with van der Waals surface area (Å²) in [5.41, 5.74) is 0.596. The van der Waals surface area contributed by atoms with Crippen LogP contribution in [0.25, 0.3) is 0 Å². The second-order valence-electron chi connectivity index (χ2n) is 9.24. The quantitative estimate of drug-likeness (QED) is 0.325. The van der Waals surface area contributed by atoms with Gasteiger partial charge in [-0.2, -0.15) is 0 Å². The van der Waals surface area contributed by atoms with E-state index in [-0.39, 0.29) is 36.1 Å². The summed E-state index contributed by atoms with van der Waals surface area (Å²) in [4.78, 5) is 27.8. The molecule has 3 heterocycles. The van der Waals surface area contributed by atoms with Crippen molar-refractivity contribution in [2.75, 3.05) is 57.8 Å². The standard InChI is InChI=1S/C22H37N7O2.HI/c1-6-23-20(26-18-15-29(16-18)21(30)31-22(2,3)4)25-14-17-7-8-19(24-13-17)28-11-9-27(5)10-12-28;/h7-8,13,18H,6,9-12,14-16H2,1-5H3,(H2,23,25,26);1H. The predicted molar refractivity (Wildman–Crippen MR) is 139 cm³/mol. The van der Waals surface area contributed by atoms with Gasteiger partial charge in [-0.05, 0) is 46.4 Å². The molecule has 0 spiro atoms. The highest BCUT2D eigenvalue weighted by atomic mass is 127. The summed E-state index contributed by atoms with van der Waals surface area (Å²) in [6.07, 6.45) is 1.65. The van der Waals surface area contributed by atoms with E-state index < -0.39 is 5.60 Å². The van der Waals surface area contributed by atoms with Gasteiger partial charge in [0.25, 0.3) is 0 Å². The number of nitrogens with zero attached hydrogens (tertiary/aromatic N) is 5. The number of guanidine groups is 1. The summed E-state index contributed by atoms with van der Waals surface area (Å²) in [5, 5.41) is 6.67. The van der Waals surface area contributed by atoms with Gasteiger partial charge in [0.05, 0.1) is 12.6 Å². The average Bonchev–Trinajstić information content (AvgIpc) is 2.68. The molecule has 0 aliphatic carbocycles. The topological polar surface area (TPSA) is 85.3 Å². The lowest BCUT2D eigenvalue weighted by molar-refractivity contribution is 0.00700. The maximum atomic E-state index is 12.1. The number of nitrogens with one attached hydrogen (secondary N) is 2. The summed E-state index contributed by atoms with van der Waals surface area (Å²) in [5.74, 6) is 1.78. The molecule has 180 valence electrons. The molecule has 32 heavy (non-hydrogen) atoms. The van der Waals surface area contributed by atoms with E-state index in [9.17, 15) is 4.79 Å². The van der Waals surface area contributed by atoms with Gasteiger partial charge in [-0.1, -0.05) is 6.07 Å². The Bertz CT molecular complexity index is 753. The van der Waals surface area contributed by atoms with Crippen LogP contribution in [0.5, 0.6) is 0 Å². The van der Waals surface area contributed by atoms with Crippen molar-refractivity contribution in [1.82, 2.24) is 25.4 Å². The van der Waals surface area contributed by atoms with E-state index in [1.54, 1.807) is 4.90 Å². The lowest BCUT2D eigenvalue weighted by Gasteiger charge is -2.40. The minimum Gasteiger partial charge on any atom is -0.444 e. The van der Waals surface area contributed by atoms with E-state index in [1.807, 2.05) is 33.9 Å². The van der Waals surface area contributed by atoms with Gasteiger partial charge in [-0.3, -0.25) is 0 Å². The van der Waals surface area contributed by atoms with Gasteiger partial charge in [-0.25, -0.2) is 14.8 Å². The number of likely N-dealkylation sites (N-methyl/N-ethyl adjacent to an activating group) is 1. The number of piperazine rings is 1. The lowest BCUT2D eigenvalue weighted by Crippen LogP contribution is -2.63. The number of likely N-dealkylation sites (tertiary alicyclic amines) is 1. The van der Waals surface area contributed by atoms with Crippen molar-refractivity contribution >= 4 is 41.8 Å². The third-order valence-electron chi connectivity index (χ3n) is 5.27. The van der Waals surface area contributed by atoms with Crippen molar-refractivity contribution in [2.45, 2.75) is 45.9 Å². The molecule has 1 aromatic heterocycles. The molecule has 10 heteroatoms. The SMILES string of the molecule is CCNC(=NCc1ccc(N2CCN(C)CC2)nc1)NC1CN(C(=O)OC(C)(C)C)C1.I. The number of rotatable bonds is 5. The first-order chi connectivity index (χ1) is 14.7. The largest absolute Gasteiger partial charge is 0.444 e. The first kappa shape index (κ1) is 26.4. The van der Waals surface area contributed by atoms with Crippen LogP contribution in [0.2, 0.25) is 0 Å². The van der Waals surface area contributed by atoms with Crippen LogP contribution in [0.15, 0.2) is 23.3 Å². The van der Waals surface area contributed by atoms with Gasteiger partial charge in [0, 0.05) is 52.0 Å². The molecule has 2 N–H and O–H groups in total. The maximum Gasteiger partial charge on any atom is 0.410 e. The fraction of sp³-hybridized carbons (Fsp3) is 0.682. The smallest absolute Gasteiger partial charge is 0.410 e. The molecule has 2 saturated heterocycles. The van der Waals surface area contributed by atoms with Crippen LogP contribution in [0.4, 0.5) is 10.6 Å². The zero-order valence-corrected chi connectivity index (χ0v) is 22.3. The monoisotopic (exact) mass is 559 g/mol. The van der Waals surface area contributed by atoms with Gasteiger partial charge >= 0.3 is 6.09 Å². The van der Waals surface area contributed by atoms with Gasteiger partial charge in [0.2, 0.25) is 0 Å². The van der Waals surface area contributed by atoms with Crippen molar-refractivity contribution in [3.63, 3.8) is 0 Å². The normalized spacial score (nSPS) is 18.0. The summed E-state index contributed by atoms with van der Waals surface area (Å²) in [6.45, 7) is 14.4. The van der Waals surface area contributed by atoms with E-state index >= 15 is 0 Å². The first-order valence-corrected chi connectivity index (χ1v) is 11.1. The number of pyridine rings is 1. The molecule has 3 rings (SSSR count). The van der Waals surface area contributed by atoms with Crippen LogP contribution in [-0.4, -0.2) is 91.3 Å². The Hall–Kier alpha value is -1.82. The average molecular weight is 559 g/mol. The predicted octanol–water partition coefficient (Wildman–Crippen LogP) is 2.13. The molecule has 0 saturated carbocycles. The zero-order valence-electron chi connectivity index (χ0n) is 19.9. The Morgan fingerprint density at radius 3 is 2.47 bits per heavy atom. The van der Waals surface area contributed by atoms with E-state index in [2.05, 4.69) is 49.6 Å². The number of hydrogen-bond donors (Lipinski definition) is 2. The summed E-state index contributed by atoms with van der Waals surface area (Å²) in [7, 11) is 2.15. The maximum absolute atomic E-state index is 12.1. The number of aliphatic imine (C=N–C) groups is 1. The Balaban J connectivity index is 0.00000363. The van der Waals surface area contributed by atoms with Gasteiger partial charge in [-0.15, -0.1) is 24.0 Å². The molecule has 0 unspecified atom stereocenters. The number of amides is 1. The Labute approximate surface area is 209 Å². The van der Waals surface area contributed by atoms with Crippen LogP contribution in [0.3, 0.4) is 0 Å². The lowest BCUT2D eigenvalue weighted by atomic mass is 10.1. The first-order valence-electron chi connectivity index (χ1n) is 11.1. The Kier molecular flexibility index (Phi) is 9.81. The number of carbonyl (C=O) groups excluding carboxylic acids is 1. The minimum absolute atomic E-state index is 0. The number of hydrogen-bond acceptors (Lipinski definition) is 6. The molecular formula is C22H38IN7O2. The number of ether oxygens (including phenoxy) is 1. The molecule has 2 aliphatic heterocycles. The number of halogens is 1. The second-order valence-corrected chi connectivity index (χ2v) is 9.24. The molecule has 0 bridgehead atoms. The third-order valence-corrected chi connectivity index (χ3v) is 5.27. The highest BCUT2D eigenvalue weighted by Crippen LogP contribution is 2.16. The molecule has 9 nitrogen and oxygen atoms in total. The van der Waals surface area contributed by atoms with Gasteiger partial charge < -0.3 is 30.1 Å². The van der Waals surface area contributed by atoms with Crippen LogP contribution < -0.4 is 15.5 Å². The minimum atomic E-state index is -0.472. The van der Waals surface area contributed by atoms with Crippen LogP contribution in [0, 0.1) is 0 Å². The zero-order chi connectivity index (χ0) is 22.4. The molecule has 1 aromatic rings. The van der Waals surface area contributed by atoms with E-state index in [1.165, 1.54) is 0 Å². The molecule has 0 atom stereocenters. The summed E-state index contributed by atoms with van der Waals surface area (Å²) < 4.78 is 5.41. The fourth-order valence-electron chi connectivity index (χ4n) is 3.46. The number of anilines is 1. The molecule has 2 aliphatic rings. The number of aromatic nitrogens is 1. The van der Waals surface area contributed by atoms with E-state index in [0.29, 0.717) is 19.6 Å². The molecular weight excluding hydrogens is 521 g/mol. The highest BCUT2D eigenvalue weighted by Gasteiger charge is 2.34. The Morgan fingerprint density at radius 2 is 1.91 bits per heavy atom. The van der Waals surface area contributed by atoms with Crippen molar-refractivity contribution in [1.29, 1.82) is 0 Å². The van der Waals surface area contributed by atoms with Crippen LogP contribution in [0.1, 0.15) is 33.3 Å². The van der Waals surface area contributed by atoms with Gasteiger partial charge in [0.15, 0.2) is 5.96 Å². The molecule has 0 radical (unpaired) electrons. The van der Waals surface area contributed by atoms with Crippen molar-refractivity contribution < 1.29 is 9.53 Å². The molecule has 1 amide bonds. The Morgan fingerprint density at radius 1 is 1.22 bits per heavy atom. The van der Waals surface area contributed by atoms with Crippen LogP contribution >= 0.6 is 24.0 Å². The van der Waals surface area contributed by atoms with E-state index in [0.717, 1.165) is 50.1 Å². The third kappa shape index (κ3) is 7.95. The molecule has 0 aromatic carbocycles. The van der Waals surface area contributed by atoms with Crippen LogP contribution in [-0.2, 0) is 11.3 Å².